The van der Waals surface area contributed by atoms with Crippen LogP contribution >= 0.6 is 24.0 Å². The zero-order valence-electron chi connectivity index (χ0n) is 14.0. The Balaban J connectivity index is 0.00000288. The number of ether oxygens (including phenoxy) is 1. The third-order valence-electron chi connectivity index (χ3n) is 3.11. The van der Waals surface area contributed by atoms with E-state index in [-0.39, 0.29) is 24.0 Å². The third kappa shape index (κ3) is 6.87. The van der Waals surface area contributed by atoms with E-state index in [0.29, 0.717) is 24.6 Å². The first-order valence-corrected chi connectivity index (χ1v) is 7.81. The fourth-order valence-corrected chi connectivity index (χ4v) is 1.97. The number of aromatic amines is 1. The van der Waals surface area contributed by atoms with Crippen molar-refractivity contribution in [1.82, 2.24) is 25.8 Å². The Kier molecular flexibility index (Phi) is 10.1. The SMILES string of the molecule is CCOCCCNC(=NC)NCCc1nc(-c2ccco2)n[nH]1.I. The van der Waals surface area contributed by atoms with Crippen LogP contribution in [0, 0.1) is 0 Å². The van der Waals surface area contributed by atoms with E-state index in [1.807, 2.05) is 19.1 Å². The number of nitrogens with zero attached hydrogens (tertiary/aromatic N) is 3. The van der Waals surface area contributed by atoms with E-state index in [4.69, 9.17) is 9.15 Å². The molecule has 0 aromatic carbocycles. The Bertz CT molecular complexity index is 585. The van der Waals surface area contributed by atoms with E-state index < -0.39 is 0 Å². The standard InChI is InChI=1S/C15H24N6O2.HI/c1-3-22-10-5-8-17-15(16-2)18-9-7-13-19-14(21-20-13)12-6-4-11-23-12;/h4,6,11H,3,5,7-10H2,1-2H3,(H2,16,17,18)(H,19,20,21);1H. The highest BCUT2D eigenvalue weighted by molar-refractivity contribution is 14.0. The first-order chi connectivity index (χ1) is 11.3. The van der Waals surface area contributed by atoms with Crippen LogP contribution in [0.1, 0.15) is 19.2 Å². The van der Waals surface area contributed by atoms with Gasteiger partial charge in [-0.3, -0.25) is 10.1 Å². The summed E-state index contributed by atoms with van der Waals surface area (Å²) in [6, 6.07) is 3.65. The van der Waals surface area contributed by atoms with Crippen molar-refractivity contribution in [2.24, 2.45) is 4.99 Å². The van der Waals surface area contributed by atoms with Crippen molar-refractivity contribution in [2.75, 3.05) is 33.4 Å². The first kappa shape index (κ1) is 20.4. The average Bonchev–Trinajstić information content (AvgIpc) is 3.24. The molecule has 0 atom stereocenters. The molecule has 0 unspecified atom stereocenters. The maximum absolute atomic E-state index is 5.29. The van der Waals surface area contributed by atoms with Crippen LogP contribution in [0.4, 0.5) is 0 Å². The largest absolute Gasteiger partial charge is 0.461 e. The van der Waals surface area contributed by atoms with Gasteiger partial charge in [-0.1, -0.05) is 0 Å². The third-order valence-corrected chi connectivity index (χ3v) is 3.11. The minimum absolute atomic E-state index is 0. The Labute approximate surface area is 158 Å². The quantitative estimate of drug-likeness (QED) is 0.234. The van der Waals surface area contributed by atoms with E-state index in [1.54, 1.807) is 13.3 Å². The molecular weight excluding hydrogens is 423 g/mol. The van der Waals surface area contributed by atoms with E-state index in [1.165, 1.54) is 0 Å². The molecule has 3 N–H and O–H groups in total. The van der Waals surface area contributed by atoms with Gasteiger partial charge < -0.3 is 19.8 Å². The molecule has 0 aliphatic heterocycles. The molecule has 0 spiro atoms. The maximum Gasteiger partial charge on any atom is 0.216 e. The second-order valence-corrected chi connectivity index (χ2v) is 4.81. The smallest absolute Gasteiger partial charge is 0.216 e. The van der Waals surface area contributed by atoms with E-state index in [2.05, 4.69) is 30.8 Å². The molecule has 0 fully saturated rings. The summed E-state index contributed by atoms with van der Waals surface area (Å²) in [5.74, 6) is 2.80. The monoisotopic (exact) mass is 448 g/mol. The number of rotatable bonds is 9. The van der Waals surface area contributed by atoms with Crippen LogP contribution in [0.5, 0.6) is 0 Å². The van der Waals surface area contributed by atoms with Gasteiger partial charge in [0.25, 0.3) is 0 Å². The number of hydrogen-bond donors (Lipinski definition) is 3. The molecular formula is C15H25IN6O2. The van der Waals surface area contributed by atoms with Crippen molar-refractivity contribution in [3.63, 3.8) is 0 Å². The topological polar surface area (TPSA) is 100 Å². The van der Waals surface area contributed by atoms with E-state index in [0.717, 1.165) is 38.0 Å². The van der Waals surface area contributed by atoms with Crippen LogP contribution in [-0.2, 0) is 11.2 Å². The Morgan fingerprint density at radius 2 is 2.21 bits per heavy atom. The number of nitrogens with one attached hydrogen (secondary N) is 3. The van der Waals surface area contributed by atoms with Crippen LogP contribution in [0.15, 0.2) is 27.8 Å². The van der Waals surface area contributed by atoms with Gasteiger partial charge in [-0.25, -0.2) is 4.98 Å². The van der Waals surface area contributed by atoms with Crippen molar-refractivity contribution in [3.05, 3.63) is 24.2 Å². The highest BCUT2D eigenvalue weighted by Crippen LogP contribution is 2.14. The Morgan fingerprint density at radius 1 is 1.38 bits per heavy atom. The lowest BCUT2D eigenvalue weighted by Gasteiger charge is -2.11. The summed E-state index contributed by atoms with van der Waals surface area (Å²) >= 11 is 0. The zero-order chi connectivity index (χ0) is 16.3. The fraction of sp³-hybridized carbons (Fsp3) is 0.533. The summed E-state index contributed by atoms with van der Waals surface area (Å²) in [5.41, 5.74) is 0. The number of guanidine groups is 1. The van der Waals surface area contributed by atoms with Gasteiger partial charge in [0, 0.05) is 39.8 Å². The predicted octanol–water partition coefficient (Wildman–Crippen LogP) is 1.82. The molecule has 9 heteroatoms. The number of aromatic nitrogens is 3. The van der Waals surface area contributed by atoms with Gasteiger partial charge in [-0.2, -0.15) is 5.10 Å². The summed E-state index contributed by atoms with van der Waals surface area (Å²) in [5, 5.41) is 13.5. The molecule has 24 heavy (non-hydrogen) atoms. The van der Waals surface area contributed by atoms with Crippen LogP contribution < -0.4 is 10.6 Å². The summed E-state index contributed by atoms with van der Waals surface area (Å²) in [7, 11) is 1.75. The molecule has 0 aliphatic carbocycles. The summed E-state index contributed by atoms with van der Waals surface area (Å²) in [6.45, 7) is 5.04. The summed E-state index contributed by atoms with van der Waals surface area (Å²) in [4.78, 5) is 8.57. The number of H-pyrrole nitrogens is 1. The molecule has 8 nitrogen and oxygen atoms in total. The maximum atomic E-state index is 5.29. The molecule has 2 aromatic rings. The molecule has 2 heterocycles. The lowest BCUT2D eigenvalue weighted by molar-refractivity contribution is 0.145. The van der Waals surface area contributed by atoms with Crippen molar-refractivity contribution < 1.29 is 9.15 Å². The molecule has 0 radical (unpaired) electrons. The minimum Gasteiger partial charge on any atom is -0.461 e. The molecule has 0 saturated heterocycles. The molecule has 0 saturated carbocycles. The number of hydrogen-bond acceptors (Lipinski definition) is 5. The van der Waals surface area contributed by atoms with Crippen LogP contribution in [0.2, 0.25) is 0 Å². The second kappa shape index (κ2) is 11.8. The van der Waals surface area contributed by atoms with Gasteiger partial charge in [-0.15, -0.1) is 24.0 Å². The zero-order valence-corrected chi connectivity index (χ0v) is 16.4. The number of furan rings is 1. The normalized spacial score (nSPS) is 11.2. The van der Waals surface area contributed by atoms with Gasteiger partial charge in [-0.05, 0) is 25.5 Å². The number of aliphatic imine (C=N–C) groups is 1. The average molecular weight is 448 g/mol. The van der Waals surface area contributed by atoms with Gasteiger partial charge >= 0.3 is 0 Å². The molecule has 0 amide bonds. The molecule has 134 valence electrons. The lowest BCUT2D eigenvalue weighted by Crippen LogP contribution is -2.39. The highest BCUT2D eigenvalue weighted by Gasteiger charge is 2.08. The Morgan fingerprint density at radius 3 is 2.92 bits per heavy atom. The predicted molar refractivity (Wildman–Crippen MR) is 104 cm³/mol. The molecule has 0 bridgehead atoms. The van der Waals surface area contributed by atoms with Crippen LogP contribution in [-0.4, -0.2) is 54.5 Å². The van der Waals surface area contributed by atoms with Gasteiger partial charge in [0.2, 0.25) is 5.82 Å². The molecule has 2 rings (SSSR count). The lowest BCUT2D eigenvalue weighted by atomic mass is 10.4. The van der Waals surface area contributed by atoms with Crippen molar-refractivity contribution in [3.8, 4) is 11.6 Å². The van der Waals surface area contributed by atoms with E-state index >= 15 is 0 Å². The first-order valence-electron chi connectivity index (χ1n) is 7.81. The van der Waals surface area contributed by atoms with E-state index in [9.17, 15) is 0 Å². The van der Waals surface area contributed by atoms with Crippen molar-refractivity contribution >= 4 is 29.9 Å². The fourth-order valence-electron chi connectivity index (χ4n) is 1.97. The Hall–Kier alpha value is -1.62. The van der Waals surface area contributed by atoms with Crippen LogP contribution in [0.3, 0.4) is 0 Å². The van der Waals surface area contributed by atoms with Crippen molar-refractivity contribution in [2.45, 2.75) is 19.8 Å². The van der Waals surface area contributed by atoms with Crippen LogP contribution in [0.25, 0.3) is 11.6 Å². The summed E-state index contributed by atoms with van der Waals surface area (Å²) < 4.78 is 10.6. The molecule has 0 aliphatic rings. The van der Waals surface area contributed by atoms with Gasteiger partial charge in [0.15, 0.2) is 11.7 Å². The molecule has 2 aromatic heterocycles. The van der Waals surface area contributed by atoms with Gasteiger partial charge in [0.1, 0.15) is 5.82 Å². The van der Waals surface area contributed by atoms with Gasteiger partial charge in [0.05, 0.1) is 6.26 Å². The highest BCUT2D eigenvalue weighted by atomic mass is 127. The summed E-state index contributed by atoms with van der Waals surface area (Å²) in [6.07, 6.45) is 3.27. The minimum atomic E-state index is 0. The van der Waals surface area contributed by atoms with Crippen molar-refractivity contribution in [1.29, 1.82) is 0 Å². The number of halogens is 1. The second-order valence-electron chi connectivity index (χ2n) is 4.81.